The summed E-state index contributed by atoms with van der Waals surface area (Å²) in [4.78, 5) is 13.9. The molecule has 22 heavy (non-hydrogen) atoms. The molecule has 1 saturated heterocycles. The summed E-state index contributed by atoms with van der Waals surface area (Å²) in [5.41, 5.74) is 0. The first-order chi connectivity index (χ1) is 10.4. The number of hydrogen-bond acceptors (Lipinski definition) is 4. The van der Waals surface area contributed by atoms with Crippen LogP contribution < -0.4 is 0 Å². The van der Waals surface area contributed by atoms with Crippen molar-refractivity contribution in [3.8, 4) is 0 Å². The van der Waals surface area contributed by atoms with Gasteiger partial charge >= 0.3 is 0 Å². The fourth-order valence-corrected chi connectivity index (χ4v) is 2.97. The summed E-state index contributed by atoms with van der Waals surface area (Å²) in [5, 5.41) is 0. The zero-order valence-corrected chi connectivity index (χ0v) is 14.4. The largest absolute Gasteiger partial charge is 0.375 e. The van der Waals surface area contributed by atoms with Gasteiger partial charge in [-0.15, -0.1) is 0 Å². The molecule has 0 aromatic heterocycles. The van der Waals surface area contributed by atoms with E-state index in [1.54, 1.807) is 0 Å². The Hall–Kier alpha value is -0.650. The number of ether oxygens (including phenoxy) is 3. The second kappa shape index (κ2) is 8.27. The van der Waals surface area contributed by atoms with E-state index in [1.165, 1.54) is 0 Å². The number of carbonyl (C=O) groups is 1. The minimum Gasteiger partial charge on any atom is -0.375 e. The maximum absolute atomic E-state index is 12.0. The Morgan fingerprint density at radius 2 is 1.64 bits per heavy atom. The Kier molecular flexibility index (Phi) is 6.66. The molecular formula is C17H31NO4. The molecular weight excluding hydrogens is 282 g/mol. The predicted octanol–water partition coefficient (Wildman–Crippen LogP) is 2.38. The molecule has 5 nitrogen and oxygen atoms in total. The molecule has 1 heterocycles. The number of piperidine rings is 1. The zero-order chi connectivity index (χ0) is 16.1. The van der Waals surface area contributed by atoms with Crippen molar-refractivity contribution in [2.45, 2.75) is 83.9 Å². The van der Waals surface area contributed by atoms with Crippen LogP contribution in [-0.4, -0.2) is 61.0 Å². The summed E-state index contributed by atoms with van der Waals surface area (Å²) >= 11 is 0. The standard InChI is InChI=1S/C17H31NO4/c1-12(2)20-11-17(19)18-7-5-14(6-8-18)22-16-9-15(10-16)21-13(3)4/h12-16H,5-11H2,1-4H3. The van der Waals surface area contributed by atoms with E-state index in [1.807, 2.05) is 18.7 Å². The molecule has 1 saturated carbocycles. The minimum atomic E-state index is 0.0983. The van der Waals surface area contributed by atoms with Crippen molar-refractivity contribution in [3.05, 3.63) is 0 Å². The summed E-state index contributed by atoms with van der Waals surface area (Å²) in [5.74, 6) is 0.0983. The Balaban J connectivity index is 1.59. The average Bonchev–Trinajstić information content (AvgIpc) is 2.42. The van der Waals surface area contributed by atoms with Crippen LogP contribution in [0.25, 0.3) is 0 Å². The Labute approximate surface area is 134 Å². The van der Waals surface area contributed by atoms with Gasteiger partial charge in [0.15, 0.2) is 0 Å². The topological polar surface area (TPSA) is 48.0 Å². The molecule has 1 aliphatic carbocycles. The molecule has 0 unspecified atom stereocenters. The average molecular weight is 313 g/mol. The van der Waals surface area contributed by atoms with Crippen molar-refractivity contribution < 1.29 is 19.0 Å². The third-order valence-electron chi connectivity index (χ3n) is 4.24. The van der Waals surface area contributed by atoms with Gasteiger partial charge in [0.2, 0.25) is 5.91 Å². The van der Waals surface area contributed by atoms with Gasteiger partial charge in [-0.1, -0.05) is 0 Å². The van der Waals surface area contributed by atoms with Crippen molar-refractivity contribution in [2.75, 3.05) is 19.7 Å². The van der Waals surface area contributed by atoms with Crippen LogP contribution in [-0.2, 0) is 19.0 Å². The second-order valence-corrected chi connectivity index (χ2v) is 6.98. The lowest BCUT2D eigenvalue weighted by Gasteiger charge is -2.40. The fraction of sp³-hybridized carbons (Fsp3) is 0.941. The molecule has 0 aromatic carbocycles. The van der Waals surface area contributed by atoms with Crippen LogP contribution in [0.15, 0.2) is 0 Å². The number of rotatable bonds is 7. The number of carbonyl (C=O) groups excluding carboxylic acids is 1. The van der Waals surface area contributed by atoms with Crippen LogP contribution in [0, 0.1) is 0 Å². The lowest BCUT2D eigenvalue weighted by Crippen LogP contribution is -2.46. The second-order valence-electron chi connectivity index (χ2n) is 6.98. The lowest BCUT2D eigenvalue weighted by molar-refractivity contribution is -0.153. The van der Waals surface area contributed by atoms with E-state index >= 15 is 0 Å². The smallest absolute Gasteiger partial charge is 0.248 e. The lowest BCUT2D eigenvalue weighted by atomic mass is 9.91. The van der Waals surface area contributed by atoms with Crippen molar-refractivity contribution in [3.63, 3.8) is 0 Å². The Morgan fingerprint density at radius 1 is 1.00 bits per heavy atom. The molecule has 0 aromatic rings. The first-order valence-corrected chi connectivity index (χ1v) is 8.64. The zero-order valence-electron chi connectivity index (χ0n) is 14.4. The summed E-state index contributed by atoms with van der Waals surface area (Å²) in [6, 6.07) is 0. The molecule has 2 aliphatic rings. The number of likely N-dealkylation sites (tertiary alicyclic amines) is 1. The van der Waals surface area contributed by atoms with Crippen molar-refractivity contribution in [2.24, 2.45) is 0 Å². The molecule has 0 N–H and O–H groups in total. The van der Waals surface area contributed by atoms with E-state index in [-0.39, 0.29) is 18.6 Å². The van der Waals surface area contributed by atoms with E-state index in [4.69, 9.17) is 14.2 Å². The van der Waals surface area contributed by atoms with Gasteiger partial charge in [0.05, 0.1) is 30.5 Å². The minimum absolute atomic E-state index is 0.0983. The van der Waals surface area contributed by atoms with Crippen LogP contribution in [0.5, 0.6) is 0 Å². The highest BCUT2D eigenvalue weighted by Gasteiger charge is 2.34. The molecule has 0 spiro atoms. The summed E-state index contributed by atoms with van der Waals surface area (Å²) in [6.45, 7) is 9.80. The Morgan fingerprint density at radius 3 is 2.18 bits per heavy atom. The first-order valence-electron chi connectivity index (χ1n) is 8.64. The van der Waals surface area contributed by atoms with Gasteiger partial charge in [-0.05, 0) is 53.4 Å². The van der Waals surface area contributed by atoms with Gasteiger partial charge in [-0.2, -0.15) is 0 Å². The Bertz CT molecular complexity index is 345. The van der Waals surface area contributed by atoms with Crippen molar-refractivity contribution in [1.82, 2.24) is 4.90 Å². The van der Waals surface area contributed by atoms with E-state index in [2.05, 4.69) is 13.8 Å². The quantitative estimate of drug-likeness (QED) is 0.724. The maximum Gasteiger partial charge on any atom is 0.248 e. The molecule has 0 atom stereocenters. The molecule has 1 amide bonds. The highest BCUT2D eigenvalue weighted by Crippen LogP contribution is 2.30. The van der Waals surface area contributed by atoms with Gasteiger partial charge in [0, 0.05) is 13.1 Å². The number of amides is 1. The molecule has 5 heteroatoms. The van der Waals surface area contributed by atoms with Crippen LogP contribution in [0.2, 0.25) is 0 Å². The van der Waals surface area contributed by atoms with E-state index < -0.39 is 0 Å². The molecule has 1 aliphatic heterocycles. The third-order valence-corrected chi connectivity index (χ3v) is 4.24. The van der Waals surface area contributed by atoms with Gasteiger partial charge in [0.1, 0.15) is 6.61 Å². The number of nitrogens with zero attached hydrogens (tertiary/aromatic N) is 1. The van der Waals surface area contributed by atoms with Crippen molar-refractivity contribution in [1.29, 1.82) is 0 Å². The third kappa shape index (κ3) is 5.52. The van der Waals surface area contributed by atoms with Crippen molar-refractivity contribution >= 4 is 5.91 Å². The van der Waals surface area contributed by atoms with Crippen LogP contribution in [0.3, 0.4) is 0 Å². The van der Waals surface area contributed by atoms with Gasteiger partial charge in [-0.25, -0.2) is 0 Å². The first kappa shape index (κ1) is 17.7. The van der Waals surface area contributed by atoms with Gasteiger partial charge < -0.3 is 19.1 Å². The molecule has 0 radical (unpaired) electrons. The van der Waals surface area contributed by atoms with Crippen LogP contribution in [0.1, 0.15) is 53.4 Å². The normalized spacial score (nSPS) is 26.5. The SMILES string of the molecule is CC(C)OCC(=O)N1CCC(OC2CC(OC(C)C)C2)CC1. The molecule has 0 bridgehead atoms. The summed E-state index contributed by atoms with van der Waals surface area (Å²) in [6.07, 6.45) is 5.30. The maximum atomic E-state index is 12.0. The molecule has 2 rings (SSSR count). The van der Waals surface area contributed by atoms with E-state index in [9.17, 15) is 4.79 Å². The monoisotopic (exact) mass is 313 g/mol. The fourth-order valence-electron chi connectivity index (χ4n) is 2.97. The predicted molar refractivity (Wildman–Crippen MR) is 84.8 cm³/mol. The molecule has 2 fully saturated rings. The van der Waals surface area contributed by atoms with Crippen LogP contribution in [0.4, 0.5) is 0 Å². The van der Waals surface area contributed by atoms with Crippen LogP contribution >= 0.6 is 0 Å². The number of hydrogen-bond donors (Lipinski definition) is 0. The van der Waals surface area contributed by atoms with E-state index in [0.717, 1.165) is 38.8 Å². The summed E-state index contributed by atoms with van der Waals surface area (Å²) < 4.78 is 17.3. The van der Waals surface area contributed by atoms with Gasteiger partial charge in [-0.3, -0.25) is 4.79 Å². The molecule has 128 valence electrons. The van der Waals surface area contributed by atoms with Gasteiger partial charge in [0.25, 0.3) is 0 Å². The highest BCUT2D eigenvalue weighted by atomic mass is 16.5. The summed E-state index contributed by atoms with van der Waals surface area (Å²) in [7, 11) is 0. The highest BCUT2D eigenvalue weighted by molar-refractivity contribution is 5.77. The van der Waals surface area contributed by atoms with E-state index in [0.29, 0.717) is 24.4 Å².